The molecule has 0 aliphatic rings. The van der Waals surface area contributed by atoms with Crippen LogP contribution in [-0.4, -0.2) is 38.9 Å². The molecule has 0 saturated heterocycles. The summed E-state index contributed by atoms with van der Waals surface area (Å²) in [7, 11) is -8.85. The Labute approximate surface area is 169 Å². The minimum absolute atomic E-state index is 0.173. The highest BCUT2D eigenvalue weighted by Crippen LogP contribution is 2.22. The van der Waals surface area contributed by atoms with E-state index in [0.717, 1.165) is 25.7 Å². The predicted octanol–water partition coefficient (Wildman–Crippen LogP) is 3.45. The zero-order chi connectivity index (χ0) is 21.8. The molecule has 0 aliphatic heterocycles. The summed E-state index contributed by atoms with van der Waals surface area (Å²) < 4.78 is 58.3. The highest BCUT2D eigenvalue weighted by atomic mass is 32.2. The summed E-state index contributed by atoms with van der Waals surface area (Å²) in [5.74, 6) is -0.684. The zero-order valence-corrected chi connectivity index (χ0v) is 18.9. The van der Waals surface area contributed by atoms with Gasteiger partial charge in [-0.3, -0.25) is 9.59 Å². The van der Waals surface area contributed by atoms with E-state index in [9.17, 15) is 26.4 Å². The van der Waals surface area contributed by atoms with Crippen molar-refractivity contribution in [3.63, 3.8) is 0 Å². The second-order valence-electron chi connectivity index (χ2n) is 7.17. The van der Waals surface area contributed by atoms with Gasteiger partial charge in [0.1, 0.15) is 11.6 Å². The number of unbranched alkanes of at least 4 members (excludes halogenated alkanes) is 4. The molecule has 0 aromatic heterocycles. The highest BCUT2D eigenvalue weighted by Gasteiger charge is 2.34. The Hall–Kier alpha value is -0.840. The lowest BCUT2D eigenvalue weighted by Crippen LogP contribution is -2.31. The Morgan fingerprint density at radius 3 is 1.25 bits per heavy atom. The monoisotopic (exact) mass is 442 g/mol. The second-order valence-corrected chi connectivity index (χ2v) is 10.7. The number of ketones is 2. The van der Waals surface area contributed by atoms with E-state index in [1.54, 1.807) is 0 Å². The molecule has 0 fully saturated rings. The first kappa shape index (κ1) is 27.2. The van der Waals surface area contributed by atoms with Crippen molar-refractivity contribution in [1.29, 1.82) is 0 Å². The third kappa shape index (κ3) is 11.2. The van der Waals surface area contributed by atoms with Crippen molar-refractivity contribution in [1.82, 2.24) is 0 Å². The molecule has 0 aromatic rings. The van der Waals surface area contributed by atoms with Crippen LogP contribution >= 0.6 is 0 Å². The Balaban J connectivity index is 5.19. The van der Waals surface area contributed by atoms with Crippen molar-refractivity contribution in [3.05, 3.63) is 0 Å². The number of hydrogen-bond acceptors (Lipinski definition) is 8. The van der Waals surface area contributed by atoms with Crippen LogP contribution in [0.4, 0.5) is 0 Å². The first-order chi connectivity index (χ1) is 13.0. The number of rotatable bonds is 17. The van der Waals surface area contributed by atoms with Crippen LogP contribution in [-0.2, 0) is 38.5 Å². The van der Waals surface area contributed by atoms with Crippen LogP contribution < -0.4 is 0 Å². The molecule has 8 nitrogen and oxygen atoms in total. The fraction of sp³-hybridized carbons (Fsp3) is 0.889. The van der Waals surface area contributed by atoms with Gasteiger partial charge in [0.25, 0.3) is 20.2 Å². The van der Waals surface area contributed by atoms with E-state index >= 15 is 0 Å². The van der Waals surface area contributed by atoms with E-state index in [2.05, 4.69) is 8.67 Å². The second kappa shape index (κ2) is 13.4. The first-order valence-electron chi connectivity index (χ1n) is 9.80. The molecule has 10 heteroatoms. The molecule has 28 heavy (non-hydrogen) atoms. The minimum atomic E-state index is -4.43. The van der Waals surface area contributed by atoms with Crippen LogP contribution in [0, 0.1) is 0 Å². The molecule has 0 rings (SSSR count). The third-order valence-electron chi connectivity index (χ3n) is 4.32. The van der Waals surface area contributed by atoms with Crippen molar-refractivity contribution in [2.45, 2.75) is 102 Å². The van der Waals surface area contributed by atoms with E-state index in [4.69, 9.17) is 0 Å². The van der Waals surface area contributed by atoms with Crippen molar-refractivity contribution in [3.8, 4) is 0 Å². The van der Waals surface area contributed by atoms with Gasteiger partial charge in [-0.05, 0) is 26.7 Å². The number of hydrogen-bond donors (Lipinski definition) is 0. The zero-order valence-electron chi connectivity index (χ0n) is 17.3. The quantitative estimate of drug-likeness (QED) is 0.191. The topological polar surface area (TPSA) is 121 Å². The van der Waals surface area contributed by atoms with Gasteiger partial charge in [-0.2, -0.15) is 16.8 Å². The Bertz CT molecular complexity index is 622. The summed E-state index contributed by atoms with van der Waals surface area (Å²) in [4.78, 5) is 22.8. The highest BCUT2D eigenvalue weighted by molar-refractivity contribution is 7.89. The molecule has 0 N–H and O–H groups in total. The maximum Gasteiger partial charge on any atom is 0.297 e. The van der Waals surface area contributed by atoms with Gasteiger partial charge >= 0.3 is 0 Å². The lowest BCUT2D eigenvalue weighted by molar-refractivity contribution is -0.118. The molecule has 0 heterocycles. The summed E-state index contributed by atoms with van der Waals surface area (Å²) >= 11 is 0. The van der Waals surface area contributed by atoms with Crippen LogP contribution in [0.2, 0.25) is 0 Å². The van der Waals surface area contributed by atoms with E-state index in [1.807, 2.05) is 13.8 Å². The standard InChI is InChI=1S/C18H34O8S2/c1-5-7-9-11-17(13-15(3)19)27(21,22)25-26-28(23,24)18(14-16(4)20)12-10-8-6-2/h17-18H,5-14H2,1-4H3. The van der Waals surface area contributed by atoms with Crippen LogP contribution in [0.1, 0.15) is 91.9 Å². The normalized spacial score (nSPS) is 14.6. The molecule has 0 radical (unpaired) electrons. The summed E-state index contributed by atoms with van der Waals surface area (Å²) in [5, 5.41) is -2.34. The van der Waals surface area contributed by atoms with Gasteiger partial charge < -0.3 is 0 Å². The third-order valence-corrected chi connectivity index (χ3v) is 7.36. The first-order valence-corrected chi connectivity index (χ1v) is 12.7. The van der Waals surface area contributed by atoms with Crippen molar-refractivity contribution < 1.29 is 35.1 Å². The molecule has 0 amide bonds. The minimum Gasteiger partial charge on any atom is -0.300 e. The lowest BCUT2D eigenvalue weighted by atomic mass is 10.1. The smallest absolute Gasteiger partial charge is 0.297 e. The molecule has 166 valence electrons. The summed E-state index contributed by atoms with van der Waals surface area (Å²) in [6, 6.07) is 0. The van der Waals surface area contributed by atoms with Crippen molar-refractivity contribution in [2.75, 3.05) is 0 Å². The van der Waals surface area contributed by atoms with E-state index in [0.29, 0.717) is 12.8 Å². The van der Waals surface area contributed by atoms with Gasteiger partial charge in [0, 0.05) is 12.8 Å². The molecule has 0 saturated carbocycles. The van der Waals surface area contributed by atoms with Crippen LogP contribution in [0.5, 0.6) is 0 Å². The molecular formula is C18H34O8S2. The van der Waals surface area contributed by atoms with E-state index in [1.165, 1.54) is 13.8 Å². The number of carbonyl (C=O) groups is 2. The molecule has 2 unspecified atom stereocenters. The average molecular weight is 443 g/mol. The number of Topliss-reactive ketones (excluding diaryl/α,β-unsaturated/α-hetero) is 2. The lowest BCUT2D eigenvalue weighted by Gasteiger charge is -2.18. The summed E-state index contributed by atoms with van der Waals surface area (Å²) in [5.41, 5.74) is 0. The maximum atomic E-state index is 12.4. The van der Waals surface area contributed by atoms with Crippen LogP contribution in [0.15, 0.2) is 0 Å². The summed E-state index contributed by atoms with van der Waals surface area (Å²) in [6.07, 6.45) is 4.21. The van der Waals surface area contributed by atoms with Gasteiger partial charge in [0.05, 0.1) is 10.5 Å². The van der Waals surface area contributed by atoms with Gasteiger partial charge in [0.2, 0.25) is 0 Å². The molecular weight excluding hydrogens is 408 g/mol. The fourth-order valence-electron chi connectivity index (χ4n) is 2.77. The molecule has 2 atom stereocenters. The Kier molecular flexibility index (Phi) is 13.0. The van der Waals surface area contributed by atoms with Gasteiger partial charge in [-0.1, -0.05) is 61.0 Å². The van der Waals surface area contributed by atoms with Gasteiger partial charge in [-0.25, -0.2) is 0 Å². The van der Waals surface area contributed by atoms with Crippen molar-refractivity contribution >= 4 is 31.8 Å². The SMILES string of the molecule is CCCCCC(CC(C)=O)S(=O)(=O)OOS(=O)(=O)C(CCCCC)CC(C)=O. The Morgan fingerprint density at radius 1 is 0.679 bits per heavy atom. The van der Waals surface area contributed by atoms with E-state index in [-0.39, 0.29) is 37.2 Å². The summed E-state index contributed by atoms with van der Waals surface area (Å²) in [6.45, 7) is 6.43. The predicted molar refractivity (Wildman–Crippen MR) is 106 cm³/mol. The van der Waals surface area contributed by atoms with Crippen molar-refractivity contribution in [2.24, 2.45) is 0 Å². The molecule has 0 bridgehead atoms. The molecule has 0 aliphatic carbocycles. The fourth-order valence-corrected chi connectivity index (χ4v) is 5.40. The largest absolute Gasteiger partial charge is 0.300 e. The molecule has 0 aromatic carbocycles. The maximum absolute atomic E-state index is 12.4. The van der Waals surface area contributed by atoms with E-state index < -0.39 is 30.7 Å². The molecule has 0 spiro atoms. The average Bonchev–Trinajstić information content (AvgIpc) is 2.58. The number of carbonyl (C=O) groups excluding carboxylic acids is 2. The van der Waals surface area contributed by atoms with Gasteiger partial charge in [0.15, 0.2) is 0 Å². The van der Waals surface area contributed by atoms with Crippen LogP contribution in [0.3, 0.4) is 0 Å². The van der Waals surface area contributed by atoms with Crippen LogP contribution in [0.25, 0.3) is 0 Å². The van der Waals surface area contributed by atoms with Gasteiger partial charge in [-0.15, -0.1) is 0 Å². The Morgan fingerprint density at radius 2 is 1.00 bits per heavy atom.